The zero-order valence-corrected chi connectivity index (χ0v) is 9.31. The van der Waals surface area contributed by atoms with E-state index < -0.39 is 11.9 Å². The number of hydrogen-bond donors (Lipinski definition) is 2. The standard InChI is InChI=1S/C11H13FN2O3/c1-16-8(5-15)6-17-11-3-10-7(2-9(11)12)4-13-14-10/h2-4,8,15H,5-6H2,1H3,(H,13,14). The molecule has 5 nitrogen and oxygen atoms in total. The average molecular weight is 240 g/mol. The van der Waals surface area contributed by atoms with Crippen LogP contribution < -0.4 is 4.74 Å². The molecule has 92 valence electrons. The molecular weight excluding hydrogens is 227 g/mol. The third-order valence-corrected chi connectivity index (χ3v) is 2.45. The van der Waals surface area contributed by atoms with Crippen LogP contribution in [-0.2, 0) is 4.74 Å². The molecule has 0 radical (unpaired) electrons. The van der Waals surface area contributed by atoms with Crippen LogP contribution >= 0.6 is 0 Å². The number of H-pyrrole nitrogens is 1. The van der Waals surface area contributed by atoms with Crippen molar-refractivity contribution in [3.63, 3.8) is 0 Å². The van der Waals surface area contributed by atoms with Gasteiger partial charge in [-0.05, 0) is 6.07 Å². The number of nitrogens with one attached hydrogen (secondary N) is 1. The summed E-state index contributed by atoms with van der Waals surface area (Å²) in [6.45, 7) is -0.0893. The number of aromatic amines is 1. The summed E-state index contributed by atoms with van der Waals surface area (Å²) >= 11 is 0. The minimum Gasteiger partial charge on any atom is -0.488 e. The van der Waals surface area contributed by atoms with Gasteiger partial charge >= 0.3 is 0 Å². The van der Waals surface area contributed by atoms with Gasteiger partial charge in [-0.2, -0.15) is 5.10 Å². The van der Waals surface area contributed by atoms with Gasteiger partial charge in [0.2, 0.25) is 0 Å². The number of fused-ring (bicyclic) bond motifs is 1. The second-order valence-corrected chi connectivity index (χ2v) is 3.59. The first-order chi connectivity index (χ1) is 8.24. The lowest BCUT2D eigenvalue weighted by Gasteiger charge is -2.13. The van der Waals surface area contributed by atoms with Crippen molar-refractivity contribution in [2.45, 2.75) is 6.10 Å². The Bertz CT molecular complexity index is 496. The van der Waals surface area contributed by atoms with Gasteiger partial charge in [0.15, 0.2) is 11.6 Å². The van der Waals surface area contributed by atoms with Gasteiger partial charge in [-0.15, -0.1) is 0 Å². The number of methoxy groups -OCH3 is 1. The number of benzene rings is 1. The van der Waals surface area contributed by atoms with Gasteiger partial charge < -0.3 is 14.6 Å². The third-order valence-electron chi connectivity index (χ3n) is 2.45. The van der Waals surface area contributed by atoms with E-state index in [0.717, 1.165) is 0 Å². The molecule has 0 aliphatic carbocycles. The van der Waals surface area contributed by atoms with Crippen molar-refractivity contribution in [1.82, 2.24) is 10.2 Å². The topological polar surface area (TPSA) is 67.4 Å². The lowest BCUT2D eigenvalue weighted by molar-refractivity contribution is 0.0155. The largest absolute Gasteiger partial charge is 0.488 e. The molecule has 0 spiro atoms. The highest BCUT2D eigenvalue weighted by Gasteiger charge is 2.11. The van der Waals surface area contributed by atoms with Crippen LogP contribution in [-0.4, -0.2) is 41.7 Å². The number of halogens is 1. The first kappa shape index (κ1) is 11.8. The number of nitrogens with zero attached hydrogens (tertiary/aromatic N) is 1. The van der Waals surface area contributed by atoms with Crippen LogP contribution in [0.5, 0.6) is 5.75 Å². The Kier molecular flexibility index (Phi) is 3.55. The lowest BCUT2D eigenvalue weighted by Crippen LogP contribution is -2.24. The summed E-state index contributed by atoms with van der Waals surface area (Å²) in [5.74, 6) is -0.357. The van der Waals surface area contributed by atoms with Crippen molar-refractivity contribution < 1.29 is 19.0 Å². The predicted molar refractivity (Wildman–Crippen MR) is 59.4 cm³/mol. The molecule has 0 aliphatic rings. The summed E-state index contributed by atoms with van der Waals surface area (Å²) in [6.07, 6.45) is 1.07. The fraction of sp³-hybridized carbons (Fsp3) is 0.364. The molecule has 1 aromatic heterocycles. The Morgan fingerprint density at radius 2 is 2.35 bits per heavy atom. The Labute approximate surface area is 97.2 Å². The van der Waals surface area contributed by atoms with Gasteiger partial charge in [0.1, 0.15) is 12.7 Å². The predicted octanol–water partition coefficient (Wildman–Crippen LogP) is 1.09. The normalized spacial score (nSPS) is 12.9. The summed E-state index contributed by atoms with van der Waals surface area (Å²) in [7, 11) is 1.46. The molecule has 2 aromatic rings. The van der Waals surface area contributed by atoms with Crippen LogP contribution in [0.4, 0.5) is 4.39 Å². The molecule has 6 heteroatoms. The van der Waals surface area contributed by atoms with Gasteiger partial charge in [-0.25, -0.2) is 4.39 Å². The van der Waals surface area contributed by atoms with E-state index in [4.69, 9.17) is 14.6 Å². The van der Waals surface area contributed by atoms with Crippen molar-refractivity contribution in [2.24, 2.45) is 0 Å². The van der Waals surface area contributed by atoms with Gasteiger partial charge in [0.05, 0.1) is 18.3 Å². The lowest BCUT2D eigenvalue weighted by atomic mass is 10.2. The zero-order chi connectivity index (χ0) is 12.3. The van der Waals surface area contributed by atoms with E-state index in [9.17, 15) is 4.39 Å². The zero-order valence-electron chi connectivity index (χ0n) is 9.31. The maximum absolute atomic E-state index is 13.6. The Morgan fingerprint density at radius 3 is 3.06 bits per heavy atom. The fourth-order valence-electron chi connectivity index (χ4n) is 1.43. The molecule has 2 rings (SSSR count). The number of hydrogen-bond acceptors (Lipinski definition) is 4. The molecule has 0 saturated carbocycles. The van der Waals surface area contributed by atoms with E-state index in [2.05, 4.69) is 10.2 Å². The van der Waals surface area contributed by atoms with Gasteiger partial charge in [0, 0.05) is 18.6 Å². The molecule has 0 fully saturated rings. The monoisotopic (exact) mass is 240 g/mol. The maximum Gasteiger partial charge on any atom is 0.165 e. The summed E-state index contributed by atoms with van der Waals surface area (Å²) in [5.41, 5.74) is 0.694. The van der Waals surface area contributed by atoms with E-state index in [1.165, 1.54) is 25.4 Å². The highest BCUT2D eigenvalue weighted by atomic mass is 19.1. The molecule has 0 aliphatic heterocycles. The van der Waals surface area contributed by atoms with Gasteiger partial charge in [-0.3, -0.25) is 5.10 Å². The molecular formula is C11H13FN2O3. The van der Waals surface area contributed by atoms with Crippen LogP contribution in [0.25, 0.3) is 10.9 Å². The van der Waals surface area contributed by atoms with Crippen LogP contribution in [0.3, 0.4) is 0 Å². The number of rotatable bonds is 5. The SMILES string of the molecule is COC(CO)COc1cc2[nH]ncc2cc1F. The Hall–Kier alpha value is -1.66. The Balaban J connectivity index is 2.14. The smallest absolute Gasteiger partial charge is 0.165 e. The van der Waals surface area contributed by atoms with Crippen LogP contribution in [0.1, 0.15) is 0 Å². The number of aliphatic hydroxyl groups excluding tert-OH is 1. The number of ether oxygens (including phenoxy) is 2. The van der Waals surface area contributed by atoms with Crippen molar-refractivity contribution in [3.05, 3.63) is 24.1 Å². The van der Waals surface area contributed by atoms with E-state index in [0.29, 0.717) is 10.9 Å². The minimum absolute atomic E-state index is 0.0869. The average Bonchev–Trinajstić information content (AvgIpc) is 2.77. The molecule has 1 atom stereocenters. The molecule has 0 bridgehead atoms. The molecule has 0 amide bonds. The number of aliphatic hydroxyl groups is 1. The maximum atomic E-state index is 13.6. The van der Waals surface area contributed by atoms with Crippen molar-refractivity contribution >= 4 is 10.9 Å². The van der Waals surface area contributed by atoms with Crippen LogP contribution in [0.15, 0.2) is 18.3 Å². The summed E-state index contributed by atoms with van der Waals surface area (Å²) in [4.78, 5) is 0. The highest BCUT2D eigenvalue weighted by Crippen LogP contribution is 2.23. The highest BCUT2D eigenvalue weighted by molar-refractivity contribution is 5.79. The molecule has 17 heavy (non-hydrogen) atoms. The van der Waals surface area contributed by atoms with Crippen molar-refractivity contribution in [3.8, 4) is 5.75 Å². The second kappa shape index (κ2) is 5.11. The Morgan fingerprint density at radius 1 is 1.53 bits per heavy atom. The number of aromatic nitrogens is 2. The van der Waals surface area contributed by atoms with E-state index in [-0.39, 0.29) is 19.0 Å². The molecule has 0 saturated heterocycles. The van der Waals surface area contributed by atoms with Gasteiger partial charge in [0.25, 0.3) is 0 Å². The third kappa shape index (κ3) is 2.54. The fourth-order valence-corrected chi connectivity index (χ4v) is 1.43. The van der Waals surface area contributed by atoms with Crippen LogP contribution in [0, 0.1) is 5.82 Å². The quantitative estimate of drug-likeness (QED) is 0.820. The summed E-state index contributed by atoms with van der Waals surface area (Å²) < 4.78 is 23.8. The van der Waals surface area contributed by atoms with Crippen molar-refractivity contribution in [2.75, 3.05) is 20.3 Å². The van der Waals surface area contributed by atoms with Crippen LogP contribution in [0.2, 0.25) is 0 Å². The second-order valence-electron chi connectivity index (χ2n) is 3.59. The first-order valence-corrected chi connectivity index (χ1v) is 5.13. The first-order valence-electron chi connectivity index (χ1n) is 5.13. The van der Waals surface area contributed by atoms with E-state index in [1.807, 2.05) is 0 Å². The summed E-state index contributed by atoms with van der Waals surface area (Å²) in [5, 5.41) is 16.1. The minimum atomic E-state index is -0.466. The molecule has 1 aromatic carbocycles. The summed E-state index contributed by atoms with van der Waals surface area (Å²) in [6, 6.07) is 2.87. The molecule has 2 N–H and O–H groups in total. The van der Waals surface area contributed by atoms with E-state index in [1.54, 1.807) is 0 Å². The van der Waals surface area contributed by atoms with E-state index >= 15 is 0 Å². The molecule has 1 unspecified atom stereocenters. The van der Waals surface area contributed by atoms with Crippen molar-refractivity contribution in [1.29, 1.82) is 0 Å². The molecule has 1 heterocycles. The van der Waals surface area contributed by atoms with Gasteiger partial charge in [-0.1, -0.05) is 0 Å².